The average molecular weight is 534 g/mol. The van der Waals surface area contributed by atoms with Crippen LogP contribution in [0.25, 0.3) is 0 Å². The second-order valence-corrected chi connectivity index (χ2v) is 12.6. The summed E-state index contributed by atoms with van der Waals surface area (Å²) in [6.45, 7) is 3.88. The minimum atomic E-state index is -3.88. The van der Waals surface area contributed by atoms with Crippen LogP contribution in [0.3, 0.4) is 0 Å². The predicted octanol–water partition coefficient (Wildman–Crippen LogP) is 4.77. The second kappa shape index (κ2) is 9.39. The smallest absolute Gasteiger partial charge is 0.296 e. The van der Waals surface area contributed by atoms with Crippen LogP contribution in [0.2, 0.25) is 0 Å². The number of fused-ring (bicyclic) bond motifs is 2. The Bertz CT molecular complexity index is 1710. The molecule has 0 unspecified atom stereocenters. The van der Waals surface area contributed by atoms with Crippen molar-refractivity contribution in [3.05, 3.63) is 116 Å². The van der Waals surface area contributed by atoms with Crippen LogP contribution >= 0.6 is 11.8 Å². The van der Waals surface area contributed by atoms with Crippen molar-refractivity contribution >= 4 is 38.8 Å². The molecular weight excluding hydrogens is 506 g/mol. The summed E-state index contributed by atoms with van der Waals surface area (Å²) in [5, 5.41) is 0. The summed E-state index contributed by atoms with van der Waals surface area (Å²) in [7, 11) is -2.48. The van der Waals surface area contributed by atoms with Crippen LogP contribution in [0.15, 0.2) is 87.3 Å². The number of benzene rings is 3. The van der Waals surface area contributed by atoms with Crippen molar-refractivity contribution in [1.29, 1.82) is 0 Å². The lowest BCUT2D eigenvalue weighted by Gasteiger charge is -2.39. The topological polar surface area (TPSA) is 92.2 Å². The Kier molecular flexibility index (Phi) is 6.37. The van der Waals surface area contributed by atoms with Crippen LogP contribution in [-0.2, 0) is 16.9 Å². The van der Waals surface area contributed by atoms with Crippen molar-refractivity contribution in [3.63, 3.8) is 0 Å². The predicted molar refractivity (Wildman–Crippen MR) is 149 cm³/mol. The number of aryl methyl sites for hydroxylation is 2. The molecule has 0 amide bonds. The third-order valence-corrected chi connectivity index (χ3v) is 10.7. The highest BCUT2D eigenvalue weighted by molar-refractivity contribution is 8.13. The maximum Gasteiger partial charge on any atom is 0.329 e. The van der Waals surface area contributed by atoms with Crippen LogP contribution in [0.5, 0.6) is 0 Å². The van der Waals surface area contributed by atoms with E-state index in [4.69, 9.17) is 0 Å². The number of sulfone groups is 1. The van der Waals surface area contributed by atoms with Gasteiger partial charge in [-0.05, 0) is 56.0 Å². The molecular formula is C28H27N3O4S2. The number of H-pyrrole nitrogens is 1. The van der Waals surface area contributed by atoms with Crippen LogP contribution < -0.4 is 16.1 Å². The minimum Gasteiger partial charge on any atom is -0.296 e. The number of rotatable bonds is 5. The molecule has 1 N–H and O–H groups in total. The first-order valence-corrected chi connectivity index (χ1v) is 14.6. The van der Waals surface area contributed by atoms with Gasteiger partial charge in [-0.1, -0.05) is 53.6 Å². The quantitative estimate of drug-likeness (QED) is 0.397. The lowest BCUT2D eigenvalue weighted by molar-refractivity contribution is 0.586. The van der Waals surface area contributed by atoms with Gasteiger partial charge in [0.05, 0.1) is 16.1 Å². The molecule has 0 aliphatic carbocycles. The molecule has 0 bridgehead atoms. The Labute approximate surface area is 219 Å². The second-order valence-electron chi connectivity index (χ2n) is 9.23. The molecule has 7 nitrogen and oxygen atoms in total. The summed E-state index contributed by atoms with van der Waals surface area (Å²) in [5.41, 5.74) is 3.35. The molecule has 9 heteroatoms. The third kappa shape index (κ3) is 4.12. The number of aromatic amines is 1. The fourth-order valence-electron chi connectivity index (χ4n) is 4.86. The first-order valence-electron chi connectivity index (χ1n) is 11.8. The van der Waals surface area contributed by atoms with Gasteiger partial charge in [0.15, 0.2) is 9.84 Å². The van der Waals surface area contributed by atoms with Gasteiger partial charge in [-0.15, -0.1) is 11.8 Å². The molecule has 37 heavy (non-hydrogen) atoms. The first kappa shape index (κ1) is 25.1. The molecule has 0 spiro atoms. The number of para-hydroxylation sites is 1. The maximum absolute atomic E-state index is 14.0. The third-order valence-electron chi connectivity index (χ3n) is 6.82. The van der Waals surface area contributed by atoms with Gasteiger partial charge in [-0.3, -0.25) is 19.2 Å². The zero-order valence-corrected chi connectivity index (χ0v) is 22.6. The molecule has 5 rings (SSSR count). The summed E-state index contributed by atoms with van der Waals surface area (Å²) < 4.78 is 28.1. The molecule has 1 aliphatic rings. The normalized spacial score (nSPS) is 15.7. The van der Waals surface area contributed by atoms with E-state index >= 15 is 0 Å². The van der Waals surface area contributed by atoms with E-state index in [-0.39, 0.29) is 10.5 Å². The summed E-state index contributed by atoms with van der Waals surface area (Å²) in [6, 6.07) is 21.9. The van der Waals surface area contributed by atoms with Crippen molar-refractivity contribution in [3.8, 4) is 0 Å². The maximum atomic E-state index is 14.0. The zero-order valence-electron chi connectivity index (χ0n) is 20.9. The summed E-state index contributed by atoms with van der Waals surface area (Å²) >= 11 is 1.18. The molecule has 4 aromatic rings. The number of hydrogen-bond donors (Lipinski definition) is 1. The van der Waals surface area contributed by atoms with Gasteiger partial charge < -0.3 is 0 Å². The molecule has 1 aromatic heterocycles. The largest absolute Gasteiger partial charge is 0.329 e. The SMILES string of the molecule is CS[C@H]([C@H]1c2ccccc2N(c2ccc(C)cc2)c2[nH]c(=O)n(C)c(=O)c21)S(=O)(=O)c1ccc(C)cc1. The molecule has 0 fully saturated rings. The van der Waals surface area contributed by atoms with Gasteiger partial charge in [0.25, 0.3) is 5.56 Å². The van der Waals surface area contributed by atoms with E-state index in [1.165, 1.54) is 18.8 Å². The summed E-state index contributed by atoms with van der Waals surface area (Å²) in [5.74, 6) is -0.524. The Hall–Kier alpha value is -3.56. The zero-order chi connectivity index (χ0) is 26.5. The van der Waals surface area contributed by atoms with Crippen molar-refractivity contribution in [2.45, 2.75) is 29.2 Å². The van der Waals surface area contributed by atoms with Crippen LogP contribution in [0.4, 0.5) is 17.2 Å². The Morgan fingerprint density at radius 2 is 1.49 bits per heavy atom. The van der Waals surface area contributed by atoms with Crippen molar-refractivity contribution in [1.82, 2.24) is 9.55 Å². The monoisotopic (exact) mass is 533 g/mol. The van der Waals surface area contributed by atoms with E-state index in [0.29, 0.717) is 17.1 Å². The molecule has 0 saturated heterocycles. The van der Waals surface area contributed by atoms with Crippen LogP contribution in [0.1, 0.15) is 28.2 Å². The van der Waals surface area contributed by atoms with E-state index in [0.717, 1.165) is 21.4 Å². The number of nitrogens with zero attached hydrogens (tertiary/aromatic N) is 2. The van der Waals surface area contributed by atoms with Gasteiger partial charge in [-0.2, -0.15) is 0 Å². The van der Waals surface area contributed by atoms with Gasteiger partial charge >= 0.3 is 5.69 Å². The van der Waals surface area contributed by atoms with E-state index in [9.17, 15) is 18.0 Å². The molecule has 0 radical (unpaired) electrons. The Balaban J connectivity index is 1.83. The molecule has 1 aliphatic heterocycles. The highest BCUT2D eigenvalue weighted by atomic mass is 32.3. The fraction of sp³-hybridized carbons (Fsp3) is 0.214. The van der Waals surface area contributed by atoms with Crippen molar-refractivity contribution in [2.75, 3.05) is 11.2 Å². The van der Waals surface area contributed by atoms with Crippen molar-refractivity contribution < 1.29 is 8.42 Å². The molecule has 0 saturated carbocycles. The highest BCUT2D eigenvalue weighted by Crippen LogP contribution is 2.51. The average Bonchev–Trinajstić information content (AvgIpc) is 2.88. The number of thioether (sulfide) groups is 1. The first-order chi connectivity index (χ1) is 17.6. The lowest BCUT2D eigenvalue weighted by atomic mass is 9.87. The number of nitrogens with one attached hydrogen (secondary N) is 1. The Morgan fingerprint density at radius 1 is 0.892 bits per heavy atom. The standard InChI is InChI=1S/C28H27N3O4S2/c1-17-9-13-19(14-10-17)31-22-8-6-5-7-21(22)23(24-25(31)29-28(33)30(3)26(24)32)27(36-4)37(34,35)20-15-11-18(2)12-16-20/h5-16,23,27H,1-4H3,(H,29,33)/t23-,27-/m0/s1. The van der Waals surface area contributed by atoms with Crippen LogP contribution in [-0.4, -0.2) is 28.8 Å². The van der Waals surface area contributed by atoms with Gasteiger partial charge in [0.1, 0.15) is 10.4 Å². The molecule has 2 atom stereocenters. The number of anilines is 3. The molecule has 190 valence electrons. The van der Waals surface area contributed by atoms with Gasteiger partial charge in [0, 0.05) is 18.7 Å². The van der Waals surface area contributed by atoms with E-state index in [2.05, 4.69) is 4.98 Å². The summed E-state index contributed by atoms with van der Waals surface area (Å²) in [6.07, 6.45) is 1.74. The molecule has 2 heterocycles. The fourth-order valence-corrected chi connectivity index (χ4v) is 8.19. The van der Waals surface area contributed by atoms with E-state index in [1.807, 2.05) is 67.3 Å². The lowest BCUT2D eigenvalue weighted by Crippen LogP contribution is -2.43. The van der Waals surface area contributed by atoms with Crippen LogP contribution in [0, 0.1) is 13.8 Å². The van der Waals surface area contributed by atoms with E-state index < -0.39 is 31.6 Å². The van der Waals surface area contributed by atoms with Gasteiger partial charge in [0.2, 0.25) is 0 Å². The number of aromatic nitrogens is 2. The van der Waals surface area contributed by atoms with Gasteiger partial charge in [-0.25, -0.2) is 13.2 Å². The highest BCUT2D eigenvalue weighted by Gasteiger charge is 2.44. The number of hydrogen-bond acceptors (Lipinski definition) is 6. The minimum absolute atomic E-state index is 0.193. The van der Waals surface area contributed by atoms with E-state index in [1.54, 1.807) is 30.5 Å². The summed E-state index contributed by atoms with van der Waals surface area (Å²) in [4.78, 5) is 31.4. The molecule has 3 aromatic carbocycles. The van der Waals surface area contributed by atoms with Crippen molar-refractivity contribution in [2.24, 2.45) is 7.05 Å². The Morgan fingerprint density at radius 3 is 2.11 bits per heavy atom.